The maximum Gasteiger partial charge on any atom is 0.243 e. The Balaban J connectivity index is 2.03. The van der Waals surface area contributed by atoms with E-state index in [2.05, 4.69) is 5.32 Å². The van der Waals surface area contributed by atoms with E-state index in [4.69, 9.17) is 23.2 Å². The van der Waals surface area contributed by atoms with Crippen LogP contribution in [0, 0.1) is 6.92 Å². The van der Waals surface area contributed by atoms with Crippen molar-refractivity contribution in [3.63, 3.8) is 0 Å². The Morgan fingerprint density at radius 2 is 1.46 bits per heavy atom. The molecular formula is C29H32Cl2N2O2. The van der Waals surface area contributed by atoms with Crippen molar-refractivity contribution in [2.45, 2.75) is 58.7 Å². The van der Waals surface area contributed by atoms with E-state index < -0.39 is 11.6 Å². The van der Waals surface area contributed by atoms with Gasteiger partial charge in [0.1, 0.15) is 6.04 Å². The van der Waals surface area contributed by atoms with Gasteiger partial charge in [-0.25, -0.2) is 0 Å². The van der Waals surface area contributed by atoms with Crippen LogP contribution in [-0.2, 0) is 29.0 Å². The molecule has 0 radical (unpaired) electrons. The van der Waals surface area contributed by atoms with Crippen LogP contribution in [-0.4, -0.2) is 28.3 Å². The maximum atomic E-state index is 13.8. The van der Waals surface area contributed by atoms with Crippen molar-refractivity contribution in [3.05, 3.63) is 105 Å². The van der Waals surface area contributed by atoms with Crippen LogP contribution in [0.15, 0.2) is 72.8 Å². The molecule has 2 amide bonds. The largest absolute Gasteiger partial charge is 0.350 e. The molecule has 1 N–H and O–H groups in total. The zero-order chi connectivity index (χ0) is 25.6. The van der Waals surface area contributed by atoms with Crippen molar-refractivity contribution in [2.24, 2.45) is 0 Å². The Bertz CT molecular complexity index is 1140. The molecular weight excluding hydrogens is 479 g/mol. The van der Waals surface area contributed by atoms with Crippen LogP contribution in [0.2, 0.25) is 10.0 Å². The molecule has 0 aliphatic rings. The first-order valence-corrected chi connectivity index (χ1v) is 12.4. The first-order valence-electron chi connectivity index (χ1n) is 11.7. The summed E-state index contributed by atoms with van der Waals surface area (Å²) in [5.74, 6) is -0.392. The SMILES string of the molecule is Cc1ccc(CC(=O)N(Cc2c(Cl)cccc2Cl)[C@@H](Cc2ccccc2)C(=O)NC(C)(C)C)cc1. The number of nitrogens with zero attached hydrogens (tertiary/aromatic N) is 1. The van der Waals surface area contributed by atoms with E-state index in [1.54, 1.807) is 23.1 Å². The van der Waals surface area contributed by atoms with Crippen LogP contribution in [0.5, 0.6) is 0 Å². The monoisotopic (exact) mass is 510 g/mol. The van der Waals surface area contributed by atoms with Crippen molar-refractivity contribution in [1.82, 2.24) is 10.2 Å². The molecule has 4 nitrogen and oxygen atoms in total. The van der Waals surface area contributed by atoms with Crippen LogP contribution >= 0.6 is 23.2 Å². The molecule has 0 heterocycles. The molecule has 0 aromatic heterocycles. The number of amides is 2. The lowest BCUT2D eigenvalue weighted by atomic mass is 9.99. The van der Waals surface area contributed by atoms with Gasteiger partial charge in [-0.15, -0.1) is 0 Å². The summed E-state index contributed by atoms with van der Waals surface area (Å²) < 4.78 is 0. The van der Waals surface area contributed by atoms with Crippen molar-refractivity contribution in [2.75, 3.05) is 0 Å². The predicted molar refractivity (Wildman–Crippen MR) is 144 cm³/mol. The average Bonchev–Trinajstić information content (AvgIpc) is 2.79. The van der Waals surface area contributed by atoms with Gasteiger partial charge < -0.3 is 10.2 Å². The van der Waals surface area contributed by atoms with Gasteiger partial charge in [-0.1, -0.05) is 89.4 Å². The van der Waals surface area contributed by atoms with Gasteiger partial charge in [0.2, 0.25) is 11.8 Å². The van der Waals surface area contributed by atoms with Gasteiger partial charge in [0.15, 0.2) is 0 Å². The smallest absolute Gasteiger partial charge is 0.243 e. The minimum Gasteiger partial charge on any atom is -0.350 e. The van der Waals surface area contributed by atoms with E-state index in [9.17, 15) is 9.59 Å². The van der Waals surface area contributed by atoms with Crippen LogP contribution in [0.1, 0.15) is 43.0 Å². The molecule has 184 valence electrons. The number of hydrogen-bond acceptors (Lipinski definition) is 2. The molecule has 0 unspecified atom stereocenters. The summed E-state index contributed by atoms with van der Waals surface area (Å²) in [5.41, 5.74) is 3.12. The van der Waals surface area contributed by atoms with Crippen molar-refractivity contribution >= 4 is 35.0 Å². The number of aryl methyl sites for hydroxylation is 1. The molecule has 0 aliphatic carbocycles. The lowest BCUT2D eigenvalue weighted by Crippen LogP contribution is -2.54. The van der Waals surface area contributed by atoms with Gasteiger partial charge in [-0.05, 0) is 51.0 Å². The minimum atomic E-state index is -0.748. The van der Waals surface area contributed by atoms with Gasteiger partial charge in [-0.3, -0.25) is 9.59 Å². The van der Waals surface area contributed by atoms with Crippen molar-refractivity contribution in [3.8, 4) is 0 Å². The molecule has 0 saturated heterocycles. The molecule has 0 aliphatic heterocycles. The molecule has 0 saturated carbocycles. The lowest BCUT2D eigenvalue weighted by molar-refractivity contribution is -0.141. The molecule has 1 atom stereocenters. The van der Waals surface area contributed by atoms with Gasteiger partial charge in [0.05, 0.1) is 6.42 Å². The van der Waals surface area contributed by atoms with Crippen molar-refractivity contribution < 1.29 is 9.59 Å². The second kappa shape index (κ2) is 11.7. The Labute approximate surface area is 218 Å². The number of halogens is 2. The summed E-state index contributed by atoms with van der Waals surface area (Å²) in [6.07, 6.45) is 0.529. The highest BCUT2D eigenvalue weighted by molar-refractivity contribution is 6.36. The number of hydrogen-bond donors (Lipinski definition) is 1. The fourth-order valence-electron chi connectivity index (χ4n) is 3.84. The maximum absolute atomic E-state index is 13.8. The summed E-state index contributed by atoms with van der Waals surface area (Å²) in [4.78, 5) is 29.0. The predicted octanol–water partition coefficient (Wildman–Crippen LogP) is 6.40. The third-order valence-corrected chi connectivity index (χ3v) is 6.34. The molecule has 0 fully saturated rings. The molecule has 0 bridgehead atoms. The number of carbonyl (C=O) groups is 2. The fraction of sp³-hybridized carbons (Fsp3) is 0.310. The van der Waals surface area contributed by atoms with Gasteiger partial charge in [0, 0.05) is 34.1 Å². The van der Waals surface area contributed by atoms with Crippen LogP contribution in [0.3, 0.4) is 0 Å². The summed E-state index contributed by atoms with van der Waals surface area (Å²) in [5, 5.41) is 3.98. The minimum absolute atomic E-state index is 0.123. The standard InChI is InChI=1S/C29H32Cl2N2O2/c1-20-13-15-22(16-14-20)18-27(34)33(19-23-24(30)11-8-12-25(23)31)26(28(35)32-29(2,3)4)17-21-9-6-5-7-10-21/h5-16,26H,17-19H2,1-4H3,(H,32,35)/t26-/m0/s1. The Kier molecular flexibility index (Phi) is 8.98. The molecule has 0 spiro atoms. The zero-order valence-corrected chi connectivity index (χ0v) is 22.2. The van der Waals surface area contributed by atoms with Crippen LogP contribution in [0.4, 0.5) is 0 Å². The molecule has 3 rings (SSSR count). The highest BCUT2D eigenvalue weighted by atomic mass is 35.5. The lowest BCUT2D eigenvalue weighted by Gasteiger charge is -2.34. The van der Waals surface area contributed by atoms with Gasteiger partial charge in [0.25, 0.3) is 0 Å². The van der Waals surface area contributed by atoms with E-state index in [0.717, 1.165) is 16.7 Å². The van der Waals surface area contributed by atoms with E-state index in [-0.39, 0.29) is 24.8 Å². The normalized spacial score (nSPS) is 12.2. The topological polar surface area (TPSA) is 49.4 Å². The summed E-state index contributed by atoms with van der Waals surface area (Å²) in [6.45, 7) is 7.90. The Morgan fingerprint density at radius 1 is 0.857 bits per heavy atom. The average molecular weight is 511 g/mol. The third kappa shape index (κ3) is 7.84. The van der Waals surface area contributed by atoms with Crippen molar-refractivity contribution in [1.29, 1.82) is 0 Å². The number of benzene rings is 3. The molecule has 35 heavy (non-hydrogen) atoms. The quantitative estimate of drug-likeness (QED) is 0.381. The first-order chi connectivity index (χ1) is 16.5. The van der Waals surface area contributed by atoms with Crippen LogP contribution < -0.4 is 5.32 Å². The Morgan fingerprint density at radius 3 is 2.03 bits per heavy atom. The second-order valence-corrected chi connectivity index (χ2v) is 10.6. The second-order valence-electron chi connectivity index (χ2n) is 9.83. The highest BCUT2D eigenvalue weighted by Crippen LogP contribution is 2.27. The van der Waals surface area contributed by atoms with Gasteiger partial charge >= 0.3 is 0 Å². The molecule has 6 heteroatoms. The van der Waals surface area contributed by atoms with E-state index in [1.807, 2.05) is 82.3 Å². The Hall–Kier alpha value is -2.82. The summed E-state index contributed by atoms with van der Waals surface area (Å²) in [7, 11) is 0. The zero-order valence-electron chi connectivity index (χ0n) is 20.6. The first kappa shape index (κ1) is 26.8. The molecule has 3 aromatic rings. The van der Waals surface area contributed by atoms with Gasteiger partial charge in [-0.2, -0.15) is 0 Å². The van der Waals surface area contributed by atoms with Crippen LogP contribution in [0.25, 0.3) is 0 Å². The highest BCUT2D eigenvalue weighted by Gasteiger charge is 2.33. The van der Waals surface area contributed by atoms with E-state index in [0.29, 0.717) is 22.0 Å². The number of carbonyl (C=O) groups excluding carboxylic acids is 2. The number of nitrogens with one attached hydrogen (secondary N) is 1. The summed E-state index contributed by atoms with van der Waals surface area (Å²) in [6, 6.07) is 22.0. The number of rotatable bonds is 8. The summed E-state index contributed by atoms with van der Waals surface area (Å²) >= 11 is 13.0. The third-order valence-electron chi connectivity index (χ3n) is 5.64. The van der Waals surface area contributed by atoms with E-state index in [1.165, 1.54) is 0 Å². The fourth-order valence-corrected chi connectivity index (χ4v) is 4.36. The van der Waals surface area contributed by atoms with E-state index >= 15 is 0 Å². The molecule has 3 aromatic carbocycles.